The van der Waals surface area contributed by atoms with Crippen LogP contribution in [0.3, 0.4) is 0 Å². The van der Waals surface area contributed by atoms with Gasteiger partial charge in [-0.1, -0.05) is 5.11 Å². The molecule has 5 rings (SSSR count). The fourth-order valence-corrected chi connectivity index (χ4v) is 8.52. The smallest absolute Gasteiger partial charge is 0.726 e. The van der Waals surface area contributed by atoms with Crippen molar-refractivity contribution in [1.82, 2.24) is 5.32 Å². The van der Waals surface area contributed by atoms with Crippen molar-refractivity contribution in [3.8, 4) is 0 Å². The first-order valence-electron chi connectivity index (χ1n) is 20.7. The zero-order valence-corrected chi connectivity index (χ0v) is 42.5. The topological polar surface area (TPSA) is 540 Å². The van der Waals surface area contributed by atoms with Gasteiger partial charge in [-0.15, -0.1) is 0 Å². The van der Waals surface area contributed by atoms with Gasteiger partial charge in [0, 0.05) is 18.4 Å². The van der Waals surface area contributed by atoms with Crippen LogP contribution in [0.15, 0.2) is 5.11 Å². The normalized spacial score (nSPS) is 44.0. The van der Waals surface area contributed by atoms with Gasteiger partial charge in [-0.3, -0.25) is 8.98 Å². The summed E-state index contributed by atoms with van der Waals surface area (Å²) in [6.45, 7) is -3.64. The molecule has 5 aliphatic heterocycles. The van der Waals surface area contributed by atoms with Gasteiger partial charge in [-0.05, 0) is 5.53 Å². The van der Waals surface area contributed by atoms with E-state index in [1.807, 2.05) is 0 Å². The van der Waals surface area contributed by atoms with Crippen LogP contribution in [-0.4, -0.2) is 284 Å². The van der Waals surface area contributed by atoms with Gasteiger partial charge in [0.2, 0.25) is 16.3 Å². The van der Waals surface area contributed by atoms with Crippen LogP contribution in [0.4, 0.5) is 0 Å². The first kappa shape index (κ1) is 64.5. The monoisotopic (exact) mass is 1080 g/mol. The number of rotatable bonds is 20. The van der Waals surface area contributed by atoms with E-state index in [1.165, 1.54) is 0 Å². The zero-order chi connectivity index (χ0) is 51.2. The van der Waals surface area contributed by atoms with E-state index in [1.54, 1.807) is 0 Å². The molecule has 5 heterocycles. The summed E-state index contributed by atoms with van der Waals surface area (Å²) in [4.78, 5) is 26.8. The molecule has 71 heavy (non-hydrogen) atoms. The van der Waals surface area contributed by atoms with E-state index in [0.29, 0.717) is 0 Å². The first-order valence-corrected chi connectivity index (χ1v) is 22.0. The molecular formula is C34H54N4Na2O30S. The minimum Gasteiger partial charge on any atom is -0.726 e. The Bertz CT molecular complexity index is 1850. The van der Waals surface area contributed by atoms with E-state index in [9.17, 15) is 94.1 Å². The van der Waals surface area contributed by atoms with Gasteiger partial charge in [0.1, 0.15) is 122 Å². The van der Waals surface area contributed by atoms with Crippen LogP contribution in [0.5, 0.6) is 0 Å². The Hall–Kier alpha value is -0.800. The van der Waals surface area contributed by atoms with Crippen molar-refractivity contribution in [2.24, 2.45) is 5.11 Å². The average Bonchev–Trinajstić information content (AvgIpc) is 3.29. The van der Waals surface area contributed by atoms with E-state index in [-0.39, 0.29) is 72.3 Å². The van der Waals surface area contributed by atoms with Gasteiger partial charge in [0.05, 0.1) is 39.0 Å². The van der Waals surface area contributed by atoms with E-state index in [0.717, 1.165) is 6.92 Å². The maximum atomic E-state index is 12.5. The molecule has 0 aromatic heterocycles. The molecule has 0 saturated carbocycles. The molecule has 14 N–H and O–H groups in total. The molecule has 0 aromatic rings. The van der Waals surface area contributed by atoms with E-state index < -0.39 is 202 Å². The number of azide groups is 1. The standard InChI is InChI=1S/C34H56N4O30S.2Na/c1-8(43)37-13-16(46)23(63-32-21(51)26(15(45)10(5-40)59-32)66-34-22(52)27(68-69(55,56)57)19(49)28(67-34)29(53)54)11(6-41)61-30(13)65-25-14(44)9(4-39)60-33(20(25)50)64-24-12(7-42)62-31(18(48)17(24)47)58-3-2-36-38-35;;/h9-28,30-34,39-42,44-52H,2-7H2,1H3,(H,37,43)(H,53,54)(H,55,56,57);;/q;2*+1/p-2/t9?,10?,11?,12?,13-,14-,15-,16?,17?,18-,19-,20-,21-,22-,23+,24+,25?,26?,27?,28?,30-,31+,32-,33-,34+;;/m0../s1. The van der Waals surface area contributed by atoms with Crippen molar-refractivity contribution in [3.63, 3.8) is 0 Å². The SMILES string of the molecule is CC(=O)N[C@H]1C(O)[C@H](O[C@@H]2OC(CO)[C@H](O)C(O[C@@H]3OC(C(=O)[O-])[C@@H](O)C(OS(=O)(=O)[O-])[C@@H]3O)[C@@H]2O)C(CO)O[C@H]1OC1[C@@H](O)C(CO)O[C@@H](O[C@@H]2C(CO)O[C@@H](OCCN=[N+]=[N-])[C@@H](O)C2O)[C@H]1O.[Na+].[Na+]. The Morgan fingerprint density at radius 3 is 1.46 bits per heavy atom. The molecular weight excluding hydrogens is 1020 g/mol. The minimum atomic E-state index is -5.76. The minimum absolute atomic E-state index is 0. The van der Waals surface area contributed by atoms with E-state index in [4.69, 9.17) is 52.9 Å². The van der Waals surface area contributed by atoms with Crippen LogP contribution in [0.1, 0.15) is 6.92 Å². The van der Waals surface area contributed by atoms with Crippen LogP contribution in [-0.2, 0) is 71.5 Å². The number of hydrogen-bond donors (Lipinski definition) is 14. The number of carbonyl (C=O) groups is 2. The summed E-state index contributed by atoms with van der Waals surface area (Å²) in [6, 6.07) is -1.84. The molecule has 34 nitrogen and oxygen atoms in total. The molecule has 0 aromatic carbocycles. The number of carboxylic acids is 1. The number of hydrogen-bond acceptors (Lipinski definition) is 31. The van der Waals surface area contributed by atoms with Gasteiger partial charge in [-0.25, -0.2) is 8.42 Å². The second-order valence-electron chi connectivity index (χ2n) is 16.0. The van der Waals surface area contributed by atoms with Crippen LogP contribution in [0, 0.1) is 0 Å². The second kappa shape index (κ2) is 28.5. The molecule has 5 fully saturated rings. The van der Waals surface area contributed by atoms with Gasteiger partial charge >= 0.3 is 59.1 Å². The molecule has 10 unspecified atom stereocenters. The van der Waals surface area contributed by atoms with Gasteiger partial charge in [-0.2, -0.15) is 0 Å². The van der Waals surface area contributed by atoms with Crippen molar-refractivity contribution in [2.45, 2.75) is 160 Å². The molecule has 37 heteroatoms. The summed E-state index contributed by atoms with van der Waals surface area (Å²) < 4.78 is 93.4. The maximum absolute atomic E-state index is 12.5. The van der Waals surface area contributed by atoms with Crippen LogP contribution < -0.4 is 69.5 Å². The van der Waals surface area contributed by atoms with Crippen molar-refractivity contribution in [3.05, 3.63) is 10.4 Å². The number of carboxylic acid groups (broad SMARTS) is 1. The number of carbonyl (C=O) groups excluding carboxylic acids is 2. The number of aliphatic hydroxyl groups excluding tert-OH is 13. The summed E-state index contributed by atoms with van der Waals surface area (Å²) in [5, 5.41) is 157. The molecule has 0 spiro atoms. The van der Waals surface area contributed by atoms with E-state index in [2.05, 4.69) is 19.5 Å². The Morgan fingerprint density at radius 2 is 1.01 bits per heavy atom. The van der Waals surface area contributed by atoms with Crippen molar-refractivity contribution in [2.75, 3.05) is 39.6 Å². The fraction of sp³-hybridized carbons (Fsp3) is 0.941. The summed E-state index contributed by atoms with van der Waals surface area (Å²) in [5.41, 5.74) is 8.47. The quantitative estimate of drug-likeness (QED) is 0.0102. The molecule has 1 amide bonds. The van der Waals surface area contributed by atoms with Crippen LogP contribution >= 0.6 is 0 Å². The van der Waals surface area contributed by atoms with Crippen molar-refractivity contribution in [1.29, 1.82) is 0 Å². The average molecular weight is 1080 g/mol. The largest absolute Gasteiger partial charge is 1.00 e. The summed E-state index contributed by atoms with van der Waals surface area (Å²) in [5.74, 6) is -3.14. The third kappa shape index (κ3) is 15.5. The van der Waals surface area contributed by atoms with Crippen molar-refractivity contribution < 1.29 is 205 Å². The van der Waals surface area contributed by atoms with Crippen LogP contribution in [0.25, 0.3) is 10.4 Å². The number of amides is 1. The van der Waals surface area contributed by atoms with Crippen molar-refractivity contribution >= 4 is 22.3 Å². The number of aliphatic hydroxyl groups is 13. The predicted molar refractivity (Wildman–Crippen MR) is 202 cm³/mol. The number of aliphatic carboxylic acids is 1. The van der Waals surface area contributed by atoms with Gasteiger partial charge < -0.3 is 134 Å². The number of nitrogens with one attached hydrogen (secondary N) is 1. The predicted octanol–water partition coefficient (Wildman–Crippen LogP) is -18.2. The fourth-order valence-electron chi connectivity index (χ4n) is 8.02. The molecule has 25 atom stereocenters. The maximum Gasteiger partial charge on any atom is 1.00 e. The second-order valence-corrected chi connectivity index (χ2v) is 17.0. The van der Waals surface area contributed by atoms with Gasteiger partial charge in [0.25, 0.3) is 0 Å². The Morgan fingerprint density at radius 1 is 0.592 bits per heavy atom. The zero-order valence-electron chi connectivity index (χ0n) is 37.7. The first-order chi connectivity index (χ1) is 32.5. The Balaban J connectivity index is 0.00000666. The molecule has 0 radical (unpaired) electrons. The van der Waals surface area contributed by atoms with E-state index >= 15 is 0 Å². The third-order valence-electron chi connectivity index (χ3n) is 11.4. The third-order valence-corrected chi connectivity index (χ3v) is 11.9. The summed E-state index contributed by atoms with van der Waals surface area (Å²) in [7, 11) is -5.76. The summed E-state index contributed by atoms with van der Waals surface area (Å²) >= 11 is 0. The Labute approximate surface area is 445 Å². The molecule has 5 aliphatic rings. The Kier molecular flexibility index (Phi) is 25.9. The number of nitrogens with zero attached hydrogens (tertiary/aromatic N) is 3. The molecule has 5 saturated heterocycles. The molecule has 0 bridgehead atoms. The van der Waals surface area contributed by atoms with Gasteiger partial charge in [0.15, 0.2) is 31.5 Å². The molecule has 398 valence electrons. The summed E-state index contributed by atoms with van der Waals surface area (Å²) in [6.07, 6.45) is -50.0. The molecule has 0 aliphatic carbocycles. The van der Waals surface area contributed by atoms with Crippen LogP contribution in [0.2, 0.25) is 0 Å². The number of ether oxygens (including phenoxy) is 10.